The molecule has 1 fully saturated rings. The van der Waals surface area contributed by atoms with E-state index in [9.17, 15) is 9.36 Å². The van der Waals surface area contributed by atoms with Gasteiger partial charge in [-0.15, -0.1) is 0 Å². The zero-order valence-electron chi connectivity index (χ0n) is 8.20. The molecule has 0 aliphatic carbocycles. The molecule has 15 heavy (non-hydrogen) atoms. The number of nitrogens with zero attached hydrogens (tertiary/aromatic N) is 1. The summed E-state index contributed by atoms with van der Waals surface area (Å²) in [6.07, 6.45) is 1.62. The Kier molecular flexibility index (Phi) is 4.04. The van der Waals surface area contributed by atoms with Crippen molar-refractivity contribution in [2.75, 3.05) is 13.1 Å². The molecule has 0 unspecified atom stereocenters. The SMILES string of the molecule is C=CC(=O)N1CCC(OP(=O)(O)O)CC1. The Balaban J connectivity index is 2.39. The van der Waals surface area contributed by atoms with Gasteiger partial charge in [0.2, 0.25) is 5.91 Å². The van der Waals surface area contributed by atoms with Crippen molar-refractivity contribution in [2.24, 2.45) is 0 Å². The van der Waals surface area contributed by atoms with Gasteiger partial charge in [0.25, 0.3) is 0 Å². The number of carbonyl (C=O) groups excluding carboxylic acids is 1. The van der Waals surface area contributed by atoms with Crippen molar-refractivity contribution >= 4 is 13.7 Å². The minimum atomic E-state index is -4.41. The molecule has 1 aliphatic heterocycles. The van der Waals surface area contributed by atoms with Crippen LogP contribution in [0.5, 0.6) is 0 Å². The summed E-state index contributed by atoms with van der Waals surface area (Å²) in [4.78, 5) is 29.9. The molecule has 1 rings (SSSR count). The first-order chi connectivity index (χ1) is 6.92. The molecule has 7 heteroatoms. The number of hydrogen-bond donors (Lipinski definition) is 2. The summed E-state index contributed by atoms with van der Waals surface area (Å²) in [5, 5.41) is 0. The van der Waals surface area contributed by atoms with Gasteiger partial charge in [-0.2, -0.15) is 0 Å². The van der Waals surface area contributed by atoms with Crippen LogP contribution >= 0.6 is 7.82 Å². The van der Waals surface area contributed by atoms with Gasteiger partial charge in [-0.3, -0.25) is 9.32 Å². The fourth-order valence-electron chi connectivity index (χ4n) is 1.50. The minimum absolute atomic E-state index is 0.162. The third kappa shape index (κ3) is 4.13. The number of piperidine rings is 1. The lowest BCUT2D eigenvalue weighted by Crippen LogP contribution is -2.39. The molecule has 1 heterocycles. The second kappa shape index (κ2) is 4.90. The summed E-state index contributed by atoms with van der Waals surface area (Å²) >= 11 is 0. The molecule has 1 amide bonds. The molecule has 0 spiro atoms. The highest BCUT2D eigenvalue weighted by Gasteiger charge is 2.27. The van der Waals surface area contributed by atoms with E-state index in [0.29, 0.717) is 25.9 Å². The predicted molar refractivity (Wildman–Crippen MR) is 52.9 cm³/mol. The van der Waals surface area contributed by atoms with Crippen molar-refractivity contribution in [3.63, 3.8) is 0 Å². The molecule has 0 bridgehead atoms. The molecule has 0 radical (unpaired) electrons. The predicted octanol–water partition coefficient (Wildman–Crippen LogP) is 0.273. The summed E-state index contributed by atoms with van der Waals surface area (Å²) in [6.45, 7) is 4.25. The normalized spacial score (nSPS) is 18.9. The quantitative estimate of drug-likeness (QED) is 0.541. The average molecular weight is 235 g/mol. The summed E-state index contributed by atoms with van der Waals surface area (Å²) in [5.41, 5.74) is 0. The topological polar surface area (TPSA) is 87.1 Å². The Morgan fingerprint density at radius 3 is 2.40 bits per heavy atom. The zero-order chi connectivity index (χ0) is 11.5. The van der Waals surface area contributed by atoms with Crippen LogP contribution in [0.15, 0.2) is 12.7 Å². The standard InChI is InChI=1S/C8H14NO5P/c1-2-8(10)9-5-3-7(4-6-9)14-15(11,12)13/h2,7H,1,3-6H2,(H2,11,12,13). The number of rotatable bonds is 3. The van der Waals surface area contributed by atoms with Gasteiger partial charge in [-0.25, -0.2) is 4.57 Å². The van der Waals surface area contributed by atoms with E-state index in [-0.39, 0.29) is 5.91 Å². The molecule has 0 aromatic rings. The molecular formula is C8H14NO5P. The first-order valence-corrected chi connectivity index (χ1v) is 6.10. The van der Waals surface area contributed by atoms with Crippen LogP contribution in [-0.2, 0) is 13.9 Å². The van der Waals surface area contributed by atoms with Gasteiger partial charge in [0.05, 0.1) is 6.10 Å². The molecule has 2 N–H and O–H groups in total. The molecule has 0 atom stereocenters. The second-order valence-corrected chi connectivity index (χ2v) is 4.52. The van der Waals surface area contributed by atoms with Crippen LogP contribution in [-0.4, -0.2) is 39.8 Å². The van der Waals surface area contributed by atoms with Crippen molar-refractivity contribution in [2.45, 2.75) is 18.9 Å². The fourth-order valence-corrected chi connectivity index (χ4v) is 2.10. The summed E-state index contributed by atoms with van der Waals surface area (Å²) in [5.74, 6) is -0.162. The van der Waals surface area contributed by atoms with Crippen molar-refractivity contribution in [3.8, 4) is 0 Å². The first kappa shape index (κ1) is 12.4. The third-order valence-electron chi connectivity index (χ3n) is 2.21. The van der Waals surface area contributed by atoms with E-state index in [1.165, 1.54) is 6.08 Å². The van der Waals surface area contributed by atoms with E-state index in [1.807, 2.05) is 0 Å². The van der Waals surface area contributed by atoms with Gasteiger partial charge in [-0.05, 0) is 18.9 Å². The van der Waals surface area contributed by atoms with E-state index < -0.39 is 13.9 Å². The van der Waals surface area contributed by atoms with Crippen LogP contribution in [0.4, 0.5) is 0 Å². The number of phosphoric acid groups is 1. The lowest BCUT2D eigenvalue weighted by molar-refractivity contribution is -0.127. The van der Waals surface area contributed by atoms with Gasteiger partial charge in [0.1, 0.15) is 0 Å². The maximum absolute atomic E-state index is 11.2. The molecule has 0 saturated carbocycles. The number of phosphoric ester groups is 1. The van der Waals surface area contributed by atoms with E-state index in [1.54, 1.807) is 4.90 Å². The maximum atomic E-state index is 11.2. The number of amides is 1. The largest absolute Gasteiger partial charge is 0.469 e. The van der Waals surface area contributed by atoms with Crippen molar-refractivity contribution in [1.82, 2.24) is 4.90 Å². The lowest BCUT2D eigenvalue weighted by Gasteiger charge is -2.31. The van der Waals surface area contributed by atoms with Crippen LogP contribution < -0.4 is 0 Å². The first-order valence-electron chi connectivity index (χ1n) is 4.57. The van der Waals surface area contributed by atoms with E-state index in [0.717, 1.165) is 0 Å². The summed E-state index contributed by atoms with van der Waals surface area (Å²) < 4.78 is 15.1. The monoisotopic (exact) mass is 235 g/mol. The fraction of sp³-hybridized carbons (Fsp3) is 0.625. The molecule has 0 aromatic carbocycles. The molecule has 86 valence electrons. The second-order valence-electron chi connectivity index (χ2n) is 3.32. The Bertz CT molecular complexity index is 291. The van der Waals surface area contributed by atoms with Gasteiger partial charge < -0.3 is 14.7 Å². The van der Waals surface area contributed by atoms with Crippen molar-refractivity contribution in [3.05, 3.63) is 12.7 Å². The molecular weight excluding hydrogens is 221 g/mol. The van der Waals surface area contributed by atoms with Crippen LogP contribution in [0.2, 0.25) is 0 Å². The molecule has 1 aliphatic rings. The highest BCUT2D eigenvalue weighted by molar-refractivity contribution is 7.46. The van der Waals surface area contributed by atoms with E-state index in [4.69, 9.17) is 9.79 Å². The highest BCUT2D eigenvalue weighted by atomic mass is 31.2. The molecule has 6 nitrogen and oxygen atoms in total. The van der Waals surface area contributed by atoms with Crippen molar-refractivity contribution in [1.29, 1.82) is 0 Å². The smallest absolute Gasteiger partial charge is 0.339 e. The van der Waals surface area contributed by atoms with Crippen LogP contribution in [0, 0.1) is 0 Å². The number of hydrogen-bond acceptors (Lipinski definition) is 3. The van der Waals surface area contributed by atoms with Crippen LogP contribution in [0.3, 0.4) is 0 Å². The van der Waals surface area contributed by atoms with Gasteiger partial charge >= 0.3 is 7.82 Å². The minimum Gasteiger partial charge on any atom is -0.339 e. The van der Waals surface area contributed by atoms with E-state index >= 15 is 0 Å². The molecule has 1 saturated heterocycles. The summed E-state index contributed by atoms with van der Waals surface area (Å²) in [7, 11) is -4.41. The van der Waals surface area contributed by atoms with Gasteiger partial charge in [0, 0.05) is 13.1 Å². The highest BCUT2D eigenvalue weighted by Crippen LogP contribution is 2.39. The van der Waals surface area contributed by atoms with Gasteiger partial charge in [0.15, 0.2) is 0 Å². The van der Waals surface area contributed by atoms with Crippen LogP contribution in [0.25, 0.3) is 0 Å². The van der Waals surface area contributed by atoms with E-state index in [2.05, 4.69) is 11.1 Å². The Labute approximate surface area is 87.8 Å². The summed E-state index contributed by atoms with van der Waals surface area (Å²) in [6, 6.07) is 0. The zero-order valence-corrected chi connectivity index (χ0v) is 9.10. The van der Waals surface area contributed by atoms with Crippen molar-refractivity contribution < 1.29 is 23.7 Å². The third-order valence-corrected chi connectivity index (χ3v) is 2.79. The lowest BCUT2D eigenvalue weighted by atomic mass is 10.1. The van der Waals surface area contributed by atoms with Crippen LogP contribution in [0.1, 0.15) is 12.8 Å². The number of carbonyl (C=O) groups is 1. The Morgan fingerprint density at radius 2 is 2.00 bits per heavy atom. The van der Waals surface area contributed by atoms with Gasteiger partial charge in [-0.1, -0.05) is 6.58 Å². The Morgan fingerprint density at radius 1 is 1.47 bits per heavy atom. The molecule has 0 aromatic heterocycles. The average Bonchev–Trinajstić information content (AvgIpc) is 2.15. The Hall–Kier alpha value is -0.680. The number of likely N-dealkylation sites (tertiary alicyclic amines) is 1. The maximum Gasteiger partial charge on any atom is 0.469 e.